The first kappa shape index (κ1) is 16.1. The van der Waals surface area contributed by atoms with Crippen LogP contribution in [0.15, 0.2) is 0 Å². The smallest absolute Gasteiger partial charge is 0.329 e. The van der Waals surface area contributed by atoms with Gasteiger partial charge in [0, 0.05) is 6.54 Å². The number of nitrogens with one attached hydrogen (secondary N) is 1. The summed E-state index contributed by atoms with van der Waals surface area (Å²) in [5.41, 5.74) is -1.14. The number of carboxylic acids is 1. The molecule has 1 heterocycles. The van der Waals surface area contributed by atoms with Crippen molar-refractivity contribution < 1.29 is 19.8 Å². The first-order chi connectivity index (χ1) is 10.00. The number of aliphatic hydroxyl groups is 1. The summed E-state index contributed by atoms with van der Waals surface area (Å²) in [7, 11) is 0. The second-order valence-corrected chi connectivity index (χ2v) is 6.44. The molecule has 1 aliphatic carbocycles. The van der Waals surface area contributed by atoms with Crippen molar-refractivity contribution in [2.24, 2.45) is 5.92 Å². The highest BCUT2D eigenvalue weighted by Gasteiger charge is 2.43. The average Bonchev–Trinajstić information content (AvgIpc) is 2.67. The van der Waals surface area contributed by atoms with Gasteiger partial charge < -0.3 is 20.4 Å². The molecule has 2 atom stereocenters. The molecule has 2 rings (SSSR count). The van der Waals surface area contributed by atoms with E-state index in [0.717, 1.165) is 32.1 Å². The van der Waals surface area contributed by atoms with Crippen LogP contribution in [0.1, 0.15) is 51.9 Å². The van der Waals surface area contributed by atoms with Crippen LogP contribution in [0.2, 0.25) is 0 Å². The van der Waals surface area contributed by atoms with Gasteiger partial charge in [0.05, 0.1) is 12.6 Å². The van der Waals surface area contributed by atoms with Crippen LogP contribution in [0.4, 0.5) is 4.79 Å². The molecule has 0 radical (unpaired) electrons. The van der Waals surface area contributed by atoms with Crippen LogP contribution in [0.3, 0.4) is 0 Å². The van der Waals surface area contributed by atoms with Crippen molar-refractivity contribution in [3.63, 3.8) is 0 Å². The first-order valence-corrected chi connectivity index (χ1v) is 7.93. The van der Waals surface area contributed by atoms with Crippen LogP contribution in [0, 0.1) is 5.92 Å². The lowest BCUT2D eigenvalue weighted by Crippen LogP contribution is -2.58. The highest BCUT2D eigenvalue weighted by molar-refractivity contribution is 5.86. The van der Waals surface area contributed by atoms with E-state index in [4.69, 9.17) is 0 Å². The number of urea groups is 1. The van der Waals surface area contributed by atoms with Crippen molar-refractivity contribution in [2.45, 2.75) is 63.5 Å². The Morgan fingerprint density at radius 2 is 1.86 bits per heavy atom. The fourth-order valence-electron chi connectivity index (χ4n) is 3.54. The molecule has 6 nitrogen and oxygen atoms in total. The van der Waals surface area contributed by atoms with Gasteiger partial charge in [-0.3, -0.25) is 0 Å². The van der Waals surface area contributed by atoms with Crippen molar-refractivity contribution >= 4 is 12.0 Å². The lowest BCUT2D eigenvalue weighted by atomic mass is 9.90. The maximum Gasteiger partial charge on any atom is 0.329 e. The molecule has 120 valence electrons. The molecular weight excluding hydrogens is 272 g/mol. The molecule has 2 unspecified atom stereocenters. The minimum absolute atomic E-state index is 0.0747. The lowest BCUT2D eigenvalue weighted by Gasteiger charge is -2.33. The standard InChI is InChI=1S/C15H26N2O4/c1-11-6-9-17(12(11)10-18)14(21)16-15(13(19)20)7-4-2-3-5-8-15/h11-12,18H,2-10H2,1H3,(H,16,21)(H,19,20). The van der Waals surface area contributed by atoms with Crippen LogP contribution in [0.25, 0.3) is 0 Å². The average molecular weight is 298 g/mol. The molecular formula is C15H26N2O4. The van der Waals surface area contributed by atoms with Gasteiger partial charge in [0.1, 0.15) is 5.54 Å². The van der Waals surface area contributed by atoms with Crippen molar-refractivity contribution in [1.82, 2.24) is 10.2 Å². The van der Waals surface area contributed by atoms with E-state index in [9.17, 15) is 19.8 Å². The topological polar surface area (TPSA) is 89.9 Å². The van der Waals surface area contributed by atoms with E-state index in [1.165, 1.54) is 0 Å². The minimum atomic E-state index is -1.14. The third-order valence-electron chi connectivity index (χ3n) is 5.04. The fourth-order valence-corrected chi connectivity index (χ4v) is 3.54. The number of hydrogen-bond acceptors (Lipinski definition) is 3. The number of rotatable bonds is 3. The number of carboxylic acid groups (broad SMARTS) is 1. The van der Waals surface area contributed by atoms with E-state index in [2.05, 4.69) is 5.32 Å². The number of aliphatic hydroxyl groups excluding tert-OH is 1. The highest BCUT2D eigenvalue weighted by Crippen LogP contribution is 2.29. The summed E-state index contributed by atoms with van der Waals surface area (Å²) in [5, 5.41) is 21.8. The van der Waals surface area contributed by atoms with E-state index < -0.39 is 11.5 Å². The molecule has 0 bridgehead atoms. The van der Waals surface area contributed by atoms with Gasteiger partial charge in [-0.2, -0.15) is 0 Å². The van der Waals surface area contributed by atoms with Gasteiger partial charge in [-0.15, -0.1) is 0 Å². The van der Waals surface area contributed by atoms with Gasteiger partial charge in [0.15, 0.2) is 0 Å². The van der Waals surface area contributed by atoms with Gasteiger partial charge in [-0.05, 0) is 25.2 Å². The van der Waals surface area contributed by atoms with Gasteiger partial charge in [-0.1, -0.05) is 32.6 Å². The Labute approximate surface area is 125 Å². The highest BCUT2D eigenvalue weighted by atomic mass is 16.4. The van der Waals surface area contributed by atoms with E-state index in [1.807, 2.05) is 6.92 Å². The van der Waals surface area contributed by atoms with Gasteiger partial charge in [0.25, 0.3) is 0 Å². The number of carbonyl (C=O) groups is 2. The molecule has 0 spiro atoms. The molecule has 0 aromatic carbocycles. The predicted molar refractivity (Wildman–Crippen MR) is 78.0 cm³/mol. The van der Waals surface area contributed by atoms with E-state index in [0.29, 0.717) is 19.4 Å². The Kier molecular flexibility index (Phi) is 5.08. The summed E-state index contributed by atoms with van der Waals surface area (Å²) in [6.07, 6.45) is 5.51. The number of likely N-dealkylation sites (tertiary alicyclic amines) is 1. The largest absolute Gasteiger partial charge is 0.480 e. The molecule has 3 N–H and O–H groups in total. The number of carbonyl (C=O) groups excluding carboxylic acids is 1. The Bertz CT molecular complexity index is 391. The molecule has 6 heteroatoms. The normalized spacial score (nSPS) is 29.0. The van der Waals surface area contributed by atoms with Crippen molar-refractivity contribution in [1.29, 1.82) is 0 Å². The molecule has 2 amide bonds. The zero-order valence-electron chi connectivity index (χ0n) is 12.7. The number of amides is 2. The summed E-state index contributed by atoms with van der Waals surface area (Å²) in [5.74, 6) is -0.693. The second kappa shape index (κ2) is 6.64. The Balaban J connectivity index is 2.09. The molecule has 21 heavy (non-hydrogen) atoms. The lowest BCUT2D eigenvalue weighted by molar-refractivity contribution is -0.145. The fraction of sp³-hybridized carbons (Fsp3) is 0.867. The van der Waals surface area contributed by atoms with Crippen molar-refractivity contribution in [2.75, 3.05) is 13.2 Å². The second-order valence-electron chi connectivity index (χ2n) is 6.44. The summed E-state index contributed by atoms with van der Waals surface area (Å²) in [6, 6.07) is -0.552. The first-order valence-electron chi connectivity index (χ1n) is 7.93. The molecule has 2 fully saturated rings. The van der Waals surface area contributed by atoms with E-state index >= 15 is 0 Å². The zero-order valence-corrected chi connectivity index (χ0v) is 12.7. The SMILES string of the molecule is CC1CCN(C(=O)NC2(C(=O)O)CCCCCC2)C1CO. The summed E-state index contributed by atoms with van der Waals surface area (Å²) in [6.45, 7) is 2.51. The maximum atomic E-state index is 12.5. The van der Waals surface area contributed by atoms with Crippen LogP contribution < -0.4 is 5.32 Å². The Morgan fingerprint density at radius 3 is 2.38 bits per heavy atom. The van der Waals surface area contributed by atoms with Crippen LogP contribution >= 0.6 is 0 Å². The molecule has 0 aromatic heterocycles. The third-order valence-corrected chi connectivity index (χ3v) is 5.04. The summed E-state index contributed by atoms with van der Waals surface area (Å²) in [4.78, 5) is 25.8. The number of nitrogens with zero attached hydrogens (tertiary/aromatic N) is 1. The summed E-state index contributed by atoms with van der Waals surface area (Å²) >= 11 is 0. The molecule has 1 saturated heterocycles. The van der Waals surface area contributed by atoms with Gasteiger partial charge >= 0.3 is 12.0 Å². The molecule has 1 saturated carbocycles. The maximum absolute atomic E-state index is 12.5. The van der Waals surface area contributed by atoms with Crippen molar-refractivity contribution in [3.05, 3.63) is 0 Å². The zero-order chi connectivity index (χ0) is 15.5. The van der Waals surface area contributed by atoms with E-state index in [-0.39, 0.29) is 24.6 Å². The van der Waals surface area contributed by atoms with Crippen molar-refractivity contribution in [3.8, 4) is 0 Å². The number of aliphatic carboxylic acids is 1. The Hall–Kier alpha value is -1.30. The van der Waals surface area contributed by atoms with Crippen LogP contribution in [0.5, 0.6) is 0 Å². The molecule has 0 aromatic rings. The predicted octanol–water partition coefficient (Wildman–Crippen LogP) is 1.58. The minimum Gasteiger partial charge on any atom is -0.480 e. The van der Waals surface area contributed by atoms with Crippen LogP contribution in [-0.4, -0.2) is 51.8 Å². The monoisotopic (exact) mass is 298 g/mol. The molecule has 1 aliphatic heterocycles. The number of hydrogen-bond donors (Lipinski definition) is 3. The summed E-state index contributed by atoms with van der Waals surface area (Å²) < 4.78 is 0. The van der Waals surface area contributed by atoms with Crippen LogP contribution in [-0.2, 0) is 4.79 Å². The Morgan fingerprint density at radius 1 is 1.24 bits per heavy atom. The van der Waals surface area contributed by atoms with Gasteiger partial charge in [0.2, 0.25) is 0 Å². The third kappa shape index (κ3) is 3.31. The molecule has 2 aliphatic rings. The van der Waals surface area contributed by atoms with Gasteiger partial charge in [-0.25, -0.2) is 9.59 Å². The quantitative estimate of drug-likeness (QED) is 0.690. The van der Waals surface area contributed by atoms with E-state index in [1.54, 1.807) is 4.90 Å².